The second-order valence-corrected chi connectivity index (χ2v) is 4.47. The maximum atomic E-state index is 10.6. The van der Waals surface area contributed by atoms with Crippen molar-refractivity contribution in [3.63, 3.8) is 0 Å². The Bertz CT molecular complexity index is 379. The molecule has 1 aromatic carbocycles. The van der Waals surface area contributed by atoms with E-state index in [-0.39, 0.29) is 12.4 Å². The zero-order valence-electron chi connectivity index (χ0n) is 9.69. The Labute approximate surface area is 103 Å². The number of carbonyl (C=O) groups is 1. The van der Waals surface area contributed by atoms with Gasteiger partial charge in [-0.1, -0.05) is 18.2 Å². The number of para-hydroxylation sites is 1. The Kier molecular flexibility index (Phi) is 3.94. The van der Waals surface area contributed by atoms with Crippen LogP contribution in [0.1, 0.15) is 5.56 Å². The van der Waals surface area contributed by atoms with Crippen LogP contribution in [0.5, 0.6) is 0 Å². The first-order valence-corrected chi connectivity index (χ1v) is 5.28. The predicted molar refractivity (Wildman–Crippen MR) is 60.5 cm³/mol. The number of benzene rings is 1. The molecule has 16 heavy (non-hydrogen) atoms. The van der Waals surface area contributed by atoms with Gasteiger partial charge in [0.1, 0.15) is 0 Å². The van der Waals surface area contributed by atoms with Gasteiger partial charge in [0.2, 0.25) is 0 Å². The Balaban J connectivity index is 0.00000128. The van der Waals surface area contributed by atoms with E-state index in [2.05, 4.69) is 43.4 Å². The molecule has 0 unspecified atom stereocenters. The third-order valence-corrected chi connectivity index (χ3v) is 3.04. The standard InChI is InChI=1S/C12H17N2O.ClH/c1-14(2,9-10-15)13-8-7-11-5-3-4-6-12(11)13;/h3-6,10H,7-9H2,1-2H3;1H/q+1;/p-1. The van der Waals surface area contributed by atoms with Crippen molar-refractivity contribution < 1.29 is 21.8 Å². The van der Waals surface area contributed by atoms with Gasteiger partial charge in [-0.25, -0.2) is 9.60 Å². The highest BCUT2D eigenvalue weighted by atomic mass is 35.5. The molecular weight excluding hydrogens is 224 g/mol. The topological polar surface area (TPSA) is 20.3 Å². The molecule has 0 saturated carbocycles. The summed E-state index contributed by atoms with van der Waals surface area (Å²) in [6, 6.07) is 8.42. The van der Waals surface area contributed by atoms with Crippen molar-refractivity contribution in [1.82, 2.24) is 0 Å². The number of rotatable bonds is 3. The normalized spacial score (nSPS) is 14.2. The minimum atomic E-state index is 0. The fourth-order valence-corrected chi connectivity index (χ4v) is 2.16. The van der Waals surface area contributed by atoms with Crippen molar-refractivity contribution in [2.24, 2.45) is 0 Å². The molecule has 2 rings (SSSR count). The summed E-state index contributed by atoms with van der Waals surface area (Å²) in [5, 5.41) is 2.28. The first kappa shape index (κ1) is 13.0. The van der Waals surface area contributed by atoms with Gasteiger partial charge in [0, 0.05) is 0 Å². The second-order valence-electron chi connectivity index (χ2n) is 4.47. The van der Waals surface area contributed by atoms with E-state index < -0.39 is 0 Å². The zero-order chi connectivity index (χ0) is 10.9. The Morgan fingerprint density at radius 2 is 2.06 bits per heavy atom. The number of likely N-dealkylation sites (N-methyl/N-ethyl adjacent to an activating group) is 1. The number of nitrogens with zero attached hydrogens (tertiary/aromatic N) is 2. The van der Waals surface area contributed by atoms with E-state index in [1.807, 2.05) is 0 Å². The van der Waals surface area contributed by atoms with Gasteiger partial charge in [0.25, 0.3) is 0 Å². The van der Waals surface area contributed by atoms with E-state index in [0.717, 1.165) is 19.3 Å². The molecule has 0 aliphatic carbocycles. The summed E-state index contributed by atoms with van der Waals surface area (Å²) < 4.78 is 0.612. The van der Waals surface area contributed by atoms with E-state index in [4.69, 9.17) is 0 Å². The molecule has 4 heteroatoms. The Morgan fingerprint density at radius 3 is 2.75 bits per heavy atom. The van der Waals surface area contributed by atoms with Crippen LogP contribution in [-0.4, -0.2) is 38.1 Å². The maximum absolute atomic E-state index is 10.6. The molecule has 0 bridgehead atoms. The van der Waals surface area contributed by atoms with E-state index in [0.29, 0.717) is 11.1 Å². The van der Waals surface area contributed by atoms with Gasteiger partial charge in [-0.15, -0.1) is 0 Å². The first-order valence-electron chi connectivity index (χ1n) is 5.28. The summed E-state index contributed by atoms with van der Waals surface area (Å²) in [6.45, 7) is 1.52. The third-order valence-electron chi connectivity index (χ3n) is 3.04. The van der Waals surface area contributed by atoms with Crippen LogP contribution in [0.2, 0.25) is 0 Å². The second kappa shape index (κ2) is 4.85. The minimum absolute atomic E-state index is 0. The molecule has 3 nitrogen and oxygen atoms in total. The number of hydrogen-bond acceptors (Lipinski definition) is 2. The average Bonchev–Trinajstić information content (AvgIpc) is 2.61. The lowest BCUT2D eigenvalue weighted by atomic mass is 10.2. The van der Waals surface area contributed by atoms with Gasteiger partial charge < -0.3 is 12.4 Å². The molecule has 0 N–H and O–H groups in total. The van der Waals surface area contributed by atoms with Crippen molar-refractivity contribution in [1.29, 1.82) is 0 Å². The lowest BCUT2D eigenvalue weighted by molar-refractivity contribution is -0.890. The summed E-state index contributed by atoms with van der Waals surface area (Å²) in [4.78, 5) is 10.6. The minimum Gasteiger partial charge on any atom is -1.00 e. The highest BCUT2D eigenvalue weighted by Crippen LogP contribution is 2.30. The molecule has 1 aliphatic rings. The number of halogens is 1. The molecule has 0 amide bonds. The number of aldehydes is 1. The van der Waals surface area contributed by atoms with Gasteiger partial charge in [-0.05, 0) is 18.1 Å². The van der Waals surface area contributed by atoms with E-state index in [9.17, 15) is 4.79 Å². The summed E-state index contributed by atoms with van der Waals surface area (Å²) in [7, 11) is 4.13. The quantitative estimate of drug-likeness (QED) is 0.461. The van der Waals surface area contributed by atoms with E-state index in [1.165, 1.54) is 11.3 Å². The van der Waals surface area contributed by atoms with Crippen LogP contribution in [-0.2, 0) is 11.2 Å². The molecule has 1 aromatic rings. The van der Waals surface area contributed by atoms with E-state index in [1.54, 1.807) is 0 Å². The van der Waals surface area contributed by atoms with Crippen LogP contribution in [0.25, 0.3) is 0 Å². The molecule has 88 valence electrons. The van der Waals surface area contributed by atoms with Crippen LogP contribution in [0.15, 0.2) is 24.3 Å². The first-order chi connectivity index (χ1) is 7.15. The van der Waals surface area contributed by atoms with Crippen LogP contribution >= 0.6 is 0 Å². The van der Waals surface area contributed by atoms with Crippen molar-refractivity contribution in [3.05, 3.63) is 29.8 Å². The van der Waals surface area contributed by atoms with Crippen molar-refractivity contribution >= 4 is 12.0 Å². The van der Waals surface area contributed by atoms with Gasteiger partial charge in [-0.2, -0.15) is 0 Å². The summed E-state index contributed by atoms with van der Waals surface area (Å²) in [6.07, 6.45) is 2.07. The third kappa shape index (κ3) is 2.20. The molecule has 1 aliphatic heterocycles. The highest BCUT2D eigenvalue weighted by Gasteiger charge is 2.31. The predicted octanol–water partition coefficient (Wildman–Crippen LogP) is -1.76. The largest absolute Gasteiger partial charge is 1.00 e. The Hall–Kier alpha value is -1.06. The fraction of sp³-hybridized carbons (Fsp3) is 0.417. The highest BCUT2D eigenvalue weighted by molar-refractivity contribution is 5.56. The molecule has 0 aromatic heterocycles. The van der Waals surface area contributed by atoms with Crippen LogP contribution in [0.4, 0.5) is 5.69 Å². The number of anilines is 1. The molecule has 0 fully saturated rings. The lowest BCUT2D eigenvalue weighted by Gasteiger charge is -2.37. The van der Waals surface area contributed by atoms with Crippen LogP contribution < -0.4 is 17.4 Å². The fourth-order valence-electron chi connectivity index (χ4n) is 2.16. The molecule has 1 heterocycles. The molecular formula is C12H17ClN2O. The molecule has 0 radical (unpaired) electrons. The molecule has 0 atom stereocenters. The number of fused-ring (bicyclic) bond motifs is 1. The van der Waals surface area contributed by atoms with E-state index >= 15 is 0 Å². The van der Waals surface area contributed by atoms with Gasteiger partial charge >= 0.3 is 0 Å². The average molecular weight is 241 g/mol. The maximum Gasteiger partial charge on any atom is 0.176 e. The summed E-state index contributed by atoms with van der Waals surface area (Å²) in [5.74, 6) is 0. The zero-order valence-corrected chi connectivity index (χ0v) is 10.4. The molecule has 0 saturated heterocycles. The monoisotopic (exact) mass is 240 g/mol. The smallest absolute Gasteiger partial charge is 0.176 e. The van der Waals surface area contributed by atoms with Crippen LogP contribution in [0.3, 0.4) is 0 Å². The number of hydrogen-bond donors (Lipinski definition) is 0. The summed E-state index contributed by atoms with van der Waals surface area (Å²) >= 11 is 0. The van der Waals surface area contributed by atoms with Crippen LogP contribution in [0, 0.1) is 0 Å². The number of carbonyl (C=O) groups excluding carboxylic acids is 1. The summed E-state index contributed by atoms with van der Waals surface area (Å²) in [5.41, 5.74) is 2.65. The number of quaternary nitrogens is 1. The van der Waals surface area contributed by atoms with Crippen molar-refractivity contribution in [3.8, 4) is 0 Å². The Morgan fingerprint density at radius 1 is 1.38 bits per heavy atom. The SMILES string of the molecule is C[N+](C)(CC=O)N1CCc2ccccc21.[Cl-]. The van der Waals surface area contributed by atoms with Gasteiger partial charge in [0.15, 0.2) is 12.8 Å². The van der Waals surface area contributed by atoms with Crippen molar-refractivity contribution in [2.45, 2.75) is 6.42 Å². The lowest BCUT2D eigenvalue weighted by Crippen LogP contribution is -3.00. The van der Waals surface area contributed by atoms with Gasteiger partial charge in [-0.3, -0.25) is 4.79 Å². The van der Waals surface area contributed by atoms with Crippen molar-refractivity contribution in [2.75, 3.05) is 32.2 Å². The van der Waals surface area contributed by atoms with Gasteiger partial charge in [0.05, 0.1) is 26.3 Å². The molecule has 0 spiro atoms.